The van der Waals surface area contributed by atoms with Crippen LogP contribution >= 0.6 is 0 Å². The number of carbonyl (C=O) groups is 1. The Morgan fingerprint density at radius 2 is 1.77 bits per heavy atom. The van der Waals surface area contributed by atoms with Gasteiger partial charge in [0.2, 0.25) is 0 Å². The molecule has 0 saturated carbocycles. The molecule has 13 heavy (non-hydrogen) atoms. The zero-order valence-electron chi connectivity index (χ0n) is 7.71. The molecule has 0 bridgehead atoms. The number of rotatable bonds is 1. The van der Waals surface area contributed by atoms with Crippen molar-refractivity contribution in [3.63, 3.8) is 0 Å². The minimum absolute atomic E-state index is 0.155. The van der Waals surface area contributed by atoms with E-state index in [0.717, 1.165) is 12.8 Å². The van der Waals surface area contributed by atoms with E-state index in [0.29, 0.717) is 0 Å². The van der Waals surface area contributed by atoms with E-state index in [1.807, 2.05) is 0 Å². The van der Waals surface area contributed by atoms with Crippen molar-refractivity contribution in [1.82, 2.24) is 0 Å². The molecule has 2 rings (SSSR count). The number of fused-ring (bicyclic) bond motifs is 1. The maximum atomic E-state index is 10.9. The van der Waals surface area contributed by atoms with Gasteiger partial charge in [-0.15, -0.1) is 0 Å². The average Bonchev–Trinajstić information content (AvgIpc) is 2.44. The summed E-state index contributed by atoms with van der Waals surface area (Å²) in [6.07, 6.45) is 3.67. The summed E-state index contributed by atoms with van der Waals surface area (Å²) in [5, 5.41) is 0. The van der Waals surface area contributed by atoms with Crippen LogP contribution in [-0.4, -0.2) is 5.78 Å². The standard InChI is InChI=1S/C12H12O/c1-9(13)6-10-7-11-4-2-3-5-12(11)8-10/h2-6H,7-8H2,1H3. The largest absolute Gasteiger partial charge is 0.295 e. The predicted molar refractivity (Wildman–Crippen MR) is 52.6 cm³/mol. The molecule has 1 heteroatoms. The molecule has 1 aliphatic rings. The first-order valence-electron chi connectivity index (χ1n) is 4.52. The first-order valence-corrected chi connectivity index (χ1v) is 4.52. The Bertz CT molecular complexity index is 347. The highest BCUT2D eigenvalue weighted by Crippen LogP contribution is 2.25. The first-order chi connectivity index (χ1) is 6.25. The molecule has 0 fully saturated rings. The summed E-state index contributed by atoms with van der Waals surface area (Å²) in [4.78, 5) is 10.9. The van der Waals surface area contributed by atoms with Crippen molar-refractivity contribution in [2.24, 2.45) is 0 Å². The van der Waals surface area contributed by atoms with Crippen LogP contribution in [0.1, 0.15) is 18.1 Å². The van der Waals surface area contributed by atoms with Crippen molar-refractivity contribution in [1.29, 1.82) is 0 Å². The van der Waals surface area contributed by atoms with E-state index in [4.69, 9.17) is 0 Å². The minimum Gasteiger partial charge on any atom is -0.295 e. The quantitative estimate of drug-likeness (QED) is 0.594. The summed E-state index contributed by atoms with van der Waals surface area (Å²) >= 11 is 0. The summed E-state index contributed by atoms with van der Waals surface area (Å²) in [6, 6.07) is 8.37. The number of benzene rings is 1. The van der Waals surface area contributed by atoms with Crippen LogP contribution in [0.15, 0.2) is 35.9 Å². The van der Waals surface area contributed by atoms with Crippen molar-refractivity contribution in [3.8, 4) is 0 Å². The summed E-state index contributed by atoms with van der Waals surface area (Å²) in [5.74, 6) is 0.155. The second-order valence-electron chi connectivity index (χ2n) is 3.54. The molecule has 0 amide bonds. The van der Waals surface area contributed by atoms with E-state index in [1.165, 1.54) is 16.7 Å². The molecular weight excluding hydrogens is 160 g/mol. The Labute approximate surface area is 78.1 Å². The van der Waals surface area contributed by atoms with Crippen molar-refractivity contribution < 1.29 is 4.79 Å². The van der Waals surface area contributed by atoms with Crippen LogP contribution in [0.5, 0.6) is 0 Å². The Balaban J connectivity index is 2.28. The van der Waals surface area contributed by atoms with Gasteiger partial charge in [0.05, 0.1) is 0 Å². The zero-order valence-corrected chi connectivity index (χ0v) is 7.71. The fraction of sp³-hybridized carbons (Fsp3) is 0.250. The predicted octanol–water partition coefficient (Wildman–Crippen LogP) is 2.30. The van der Waals surface area contributed by atoms with Crippen molar-refractivity contribution in [2.45, 2.75) is 19.8 Å². The van der Waals surface area contributed by atoms with Gasteiger partial charge in [0.15, 0.2) is 5.78 Å². The molecule has 0 saturated heterocycles. The maximum absolute atomic E-state index is 10.9. The molecule has 0 radical (unpaired) electrons. The molecule has 1 aromatic carbocycles. The monoisotopic (exact) mass is 172 g/mol. The van der Waals surface area contributed by atoms with Crippen molar-refractivity contribution in [2.75, 3.05) is 0 Å². The number of hydrogen-bond donors (Lipinski definition) is 0. The summed E-state index contributed by atoms with van der Waals surface area (Å²) in [5.41, 5.74) is 3.98. The number of allylic oxidation sites excluding steroid dienone is 2. The molecule has 1 aliphatic carbocycles. The Kier molecular flexibility index (Phi) is 2.01. The third-order valence-electron chi connectivity index (χ3n) is 2.36. The Hall–Kier alpha value is -1.37. The SMILES string of the molecule is CC(=O)C=C1Cc2ccccc2C1. The summed E-state index contributed by atoms with van der Waals surface area (Å²) in [6.45, 7) is 1.61. The van der Waals surface area contributed by atoms with Gasteiger partial charge in [-0.05, 0) is 37.0 Å². The smallest absolute Gasteiger partial charge is 0.152 e. The lowest BCUT2D eigenvalue weighted by molar-refractivity contribution is -0.112. The van der Waals surface area contributed by atoms with Crippen LogP contribution in [0, 0.1) is 0 Å². The van der Waals surface area contributed by atoms with Gasteiger partial charge >= 0.3 is 0 Å². The van der Waals surface area contributed by atoms with E-state index < -0.39 is 0 Å². The zero-order chi connectivity index (χ0) is 9.26. The minimum atomic E-state index is 0.155. The van der Waals surface area contributed by atoms with Gasteiger partial charge in [0, 0.05) is 0 Å². The molecule has 66 valence electrons. The van der Waals surface area contributed by atoms with Gasteiger partial charge in [-0.25, -0.2) is 0 Å². The fourth-order valence-corrected chi connectivity index (χ4v) is 1.84. The molecule has 0 heterocycles. The Morgan fingerprint density at radius 3 is 2.23 bits per heavy atom. The molecular formula is C12H12O. The molecule has 0 aliphatic heterocycles. The van der Waals surface area contributed by atoms with E-state index in [1.54, 1.807) is 13.0 Å². The van der Waals surface area contributed by atoms with Crippen molar-refractivity contribution >= 4 is 5.78 Å². The van der Waals surface area contributed by atoms with Gasteiger partial charge in [0.1, 0.15) is 0 Å². The van der Waals surface area contributed by atoms with Gasteiger partial charge in [-0.3, -0.25) is 4.79 Å². The third-order valence-corrected chi connectivity index (χ3v) is 2.36. The van der Waals surface area contributed by atoms with E-state index >= 15 is 0 Å². The molecule has 1 aromatic rings. The normalized spacial score (nSPS) is 14.1. The van der Waals surface area contributed by atoms with Crippen LogP contribution in [0.3, 0.4) is 0 Å². The van der Waals surface area contributed by atoms with E-state index in [2.05, 4.69) is 24.3 Å². The third kappa shape index (κ3) is 1.69. The van der Waals surface area contributed by atoms with Crippen molar-refractivity contribution in [3.05, 3.63) is 47.0 Å². The maximum Gasteiger partial charge on any atom is 0.152 e. The van der Waals surface area contributed by atoms with Gasteiger partial charge in [-0.2, -0.15) is 0 Å². The fourth-order valence-electron chi connectivity index (χ4n) is 1.84. The highest BCUT2D eigenvalue weighted by molar-refractivity contribution is 5.88. The second-order valence-corrected chi connectivity index (χ2v) is 3.54. The highest BCUT2D eigenvalue weighted by atomic mass is 16.1. The van der Waals surface area contributed by atoms with E-state index in [-0.39, 0.29) is 5.78 Å². The van der Waals surface area contributed by atoms with Crippen LogP contribution in [0.25, 0.3) is 0 Å². The first kappa shape index (κ1) is 8.24. The number of carbonyl (C=O) groups excluding carboxylic acids is 1. The van der Waals surface area contributed by atoms with Crippen LogP contribution in [0.4, 0.5) is 0 Å². The number of hydrogen-bond acceptors (Lipinski definition) is 1. The van der Waals surface area contributed by atoms with E-state index in [9.17, 15) is 4.79 Å². The topological polar surface area (TPSA) is 17.1 Å². The summed E-state index contributed by atoms with van der Waals surface area (Å²) in [7, 11) is 0. The lowest BCUT2D eigenvalue weighted by atomic mass is 10.1. The van der Waals surface area contributed by atoms with Crippen LogP contribution in [0.2, 0.25) is 0 Å². The number of ketones is 1. The molecule has 0 aromatic heterocycles. The molecule has 1 nitrogen and oxygen atoms in total. The van der Waals surface area contributed by atoms with Gasteiger partial charge in [0.25, 0.3) is 0 Å². The van der Waals surface area contributed by atoms with Crippen LogP contribution in [-0.2, 0) is 17.6 Å². The summed E-state index contributed by atoms with van der Waals surface area (Å²) < 4.78 is 0. The van der Waals surface area contributed by atoms with Gasteiger partial charge < -0.3 is 0 Å². The lowest BCUT2D eigenvalue weighted by Gasteiger charge is -1.92. The molecule has 0 atom stereocenters. The highest BCUT2D eigenvalue weighted by Gasteiger charge is 2.14. The Morgan fingerprint density at radius 1 is 1.23 bits per heavy atom. The molecule has 0 N–H and O–H groups in total. The molecule has 0 unspecified atom stereocenters. The van der Waals surface area contributed by atoms with Gasteiger partial charge in [-0.1, -0.05) is 29.8 Å². The lowest BCUT2D eigenvalue weighted by Crippen LogP contribution is -1.88. The van der Waals surface area contributed by atoms with Crippen LogP contribution < -0.4 is 0 Å². The second kappa shape index (κ2) is 3.17. The average molecular weight is 172 g/mol. The molecule has 0 spiro atoms.